The summed E-state index contributed by atoms with van der Waals surface area (Å²) in [6.07, 6.45) is -0.598. The zero-order valence-electron chi connectivity index (χ0n) is 11.3. The summed E-state index contributed by atoms with van der Waals surface area (Å²) in [5.41, 5.74) is 2.74. The lowest BCUT2D eigenvalue weighted by atomic mass is 10.1. The molecule has 0 fully saturated rings. The fourth-order valence-electron chi connectivity index (χ4n) is 2.00. The highest BCUT2D eigenvalue weighted by molar-refractivity contribution is 6.30. The number of phenols is 1. The average molecular weight is 292 g/mol. The van der Waals surface area contributed by atoms with E-state index >= 15 is 0 Å². The van der Waals surface area contributed by atoms with Crippen molar-refractivity contribution in [1.29, 1.82) is 0 Å². The summed E-state index contributed by atoms with van der Waals surface area (Å²) in [5, 5.41) is 23.6. The summed E-state index contributed by atoms with van der Waals surface area (Å²) < 4.78 is 0. The van der Waals surface area contributed by atoms with Crippen LogP contribution in [-0.2, 0) is 6.54 Å². The first-order valence-corrected chi connectivity index (χ1v) is 6.87. The minimum Gasteiger partial charge on any atom is -0.508 e. The van der Waals surface area contributed by atoms with E-state index in [0.29, 0.717) is 18.1 Å². The molecule has 0 saturated carbocycles. The molecule has 0 aliphatic heterocycles. The molecular weight excluding hydrogens is 274 g/mol. The summed E-state index contributed by atoms with van der Waals surface area (Å²) in [4.78, 5) is 0. The van der Waals surface area contributed by atoms with Crippen molar-refractivity contribution in [1.82, 2.24) is 5.32 Å². The third-order valence-corrected chi connectivity index (χ3v) is 3.39. The van der Waals surface area contributed by atoms with Gasteiger partial charge in [0.2, 0.25) is 0 Å². The number of aliphatic hydroxyl groups is 1. The number of aliphatic hydroxyl groups excluding tert-OH is 1. The lowest BCUT2D eigenvalue weighted by Crippen LogP contribution is -2.21. The van der Waals surface area contributed by atoms with Gasteiger partial charge < -0.3 is 15.5 Å². The van der Waals surface area contributed by atoms with Crippen LogP contribution in [0, 0.1) is 6.92 Å². The van der Waals surface area contributed by atoms with Gasteiger partial charge in [0, 0.05) is 23.7 Å². The third kappa shape index (κ3) is 3.97. The van der Waals surface area contributed by atoms with Gasteiger partial charge in [0.15, 0.2) is 0 Å². The van der Waals surface area contributed by atoms with E-state index in [1.54, 1.807) is 30.3 Å². The number of phenolic OH excluding ortho intramolecular Hbond substituents is 1. The van der Waals surface area contributed by atoms with E-state index in [4.69, 9.17) is 11.6 Å². The Morgan fingerprint density at radius 2 is 1.85 bits per heavy atom. The fourth-order valence-corrected chi connectivity index (χ4v) is 2.13. The number of aromatic hydroxyl groups is 1. The molecule has 3 nitrogen and oxygen atoms in total. The van der Waals surface area contributed by atoms with Gasteiger partial charge in [0.25, 0.3) is 0 Å². The Morgan fingerprint density at radius 3 is 2.55 bits per heavy atom. The first-order chi connectivity index (χ1) is 9.56. The SMILES string of the molecule is Cc1ccc(O)c(CNCC(O)c2ccc(Cl)cc2)c1. The molecule has 0 heterocycles. The summed E-state index contributed by atoms with van der Waals surface area (Å²) in [5.74, 6) is 0.268. The Hall–Kier alpha value is -1.55. The van der Waals surface area contributed by atoms with E-state index in [2.05, 4.69) is 5.32 Å². The smallest absolute Gasteiger partial charge is 0.120 e. The summed E-state index contributed by atoms with van der Waals surface area (Å²) in [6.45, 7) is 2.90. The molecule has 1 unspecified atom stereocenters. The highest BCUT2D eigenvalue weighted by atomic mass is 35.5. The Morgan fingerprint density at radius 1 is 1.15 bits per heavy atom. The van der Waals surface area contributed by atoms with Crippen LogP contribution in [0.15, 0.2) is 42.5 Å². The van der Waals surface area contributed by atoms with Crippen LogP contribution >= 0.6 is 11.6 Å². The van der Waals surface area contributed by atoms with E-state index in [9.17, 15) is 10.2 Å². The molecule has 0 spiro atoms. The molecule has 3 N–H and O–H groups in total. The molecule has 0 aliphatic rings. The zero-order valence-corrected chi connectivity index (χ0v) is 12.1. The Bertz CT molecular complexity index is 569. The van der Waals surface area contributed by atoms with Gasteiger partial charge in [-0.2, -0.15) is 0 Å². The van der Waals surface area contributed by atoms with Crippen molar-refractivity contribution in [2.75, 3.05) is 6.54 Å². The molecule has 106 valence electrons. The number of hydrogen-bond donors (Lipinski definition) is 3. The number of nitrogens with one attached hydrogen (secondary N) is 1. The van der Waals surface area contributed by atoms with Crippen molar-refractivity contribution in [3.05, 3.63) is 64.2 Å². The minimum absolute atomic E-state index is 0.268. The fraction of sp³-hybridized carbons (Fsp3) is 0.250. The van der Waals surface area contributed by atoms with Crippen molar-refractivity contribution in [3.63, 3.8) is 0 Å². The van der Waals surface area contributed by atoms with Crippen molar-refractivity contribution in [3.8, 4) is 5.75 Å². The molecule has 4 heteroatoms. The summed E-state index contributed by atoms with van der Waals surface area (Å²) >= 11 is 5.81. The van der Waals surface area contributed by atoms with E-state index < -0.39 is 6.10 Å². The molecule has 0 saturated heterocycles. The predicted octanol–water partition coefficient (Wildman–Crippen LogP) is 3.18. The zero-order chi connectivity index (χ0) is 14.5. The maximum atomic E-state index is 10.0. The summed E-state index contributed by atoms with van der Waals surface area (Å²) in [6, 6.07) is 12.6. The van der Waals surface area contributed by atoms with Crippen LogP contribution in [0.2, 0.25) is 5.02 Å². The topological polar surface area (TPSA) is 52.5 Å². The van der Waals surface area contributed by atoms with E-state index in [0.717, 1.165) is 16.7 Å². The van der Waals surface area contributed by atoms with E-state index in [1.165, 1.54) is 0 Å². The van der Waals surface area contributed by atoms with Crippen LogP contribution in [0.5, 0.6) is 5.75 Å². The van der Waals surface area contributed by atoms with Gasteiger partial charge in [-0.3, -0.25) is 0 Å². The van der Waals surface area contributed by atoms with Crippen LogP contribution in [-0.4, -0.2) is 16.8 Å². The van der Waals surface area contributed by atoms with E-state index in [-0.39, 0.29) is 5.75 Å². The van der Waals surface area contributed by atoms with Gasteiger partial charge in [-0.1, -0.05) is 41.4 Å². The molecule has 2 aromatic carbocycles. The molecule has 2 aromatic rings. The molecule has 1 atom stereocenters. The van der Waals surface area contributed by atoms with Crippen LogP contribution < -0.4 is 5.32 Å². The van der Waals surface area contributed by atoms with Gasteiger partial charge in [-0.05, 0) is 30.7 Å². The normalized spacial score (nSPS) is 12.3. The molecule has 0 aromatic heterocycles. The average Bonchev–Trinajstić information content (AvgIpc) is 2.43. The van der Waals surface area contributed by atoms with Crippen molar-refractivity contribution in [2.24, 2.45) is 0 Å². The number of halogens is 1. The maximum Gasteiger partial charge on any atom is 0.120 e. The van der Waals surface area contributed by atoms with Crippen LogP contribution in [0.4, 0.5) is 0 Å². The second-order valence-corrected chi connectivity index (χ2v) is 5.27. The number of hydrogen-bond acceptors (Lipinski definition) is 3. The second-order valence-electron chi connectivity index (χ2n) is 4.83. The maximum absolute atomic E-state index is 10.0. The first kappa shape index (κ1) is 14.9. The van der Waals surface area contributed by atoms with Gasteiger partial charge >= 0.3 is 0 Å². The Kier molecular flexibility index (Phi) is 5.01. The van der Waals surface area contributed by atoms with Gasteiger partial charge in [-0.25, -0.2) is 0 Å². The number of benzene rings is 2. The van der Waals surface area contributed by atoms with Crippen LogP contribution in [0.3, 0.4) is 0 Å². The monoisotopic (exact) mass is 291 g/mol. The minimum atomic E-state index is -0.598. The van der Waals surface area contributed by atoms with Gasteiger partial charge in [-0.15, -0.1) is 0 Å². The standard InChI is InChI=1S/C16H18ClNO2/c1-11-2-7-15(19)13(8-11)9-18-10-16(20)12-3-5-14(17)6-4-12/h2-8,16,18-20H,9-10H2,1H3. The molecule has 0 aliphatic carbocycles. The Balaban J connectivity index is 1.89. The summed E-state index contributed by atoms with van der Waals surface area (Å²) in [7, 11) is 0. The first-order valence-electron chi connectivity index (χ1n) is 6.49. The largest absolute Gasteiger partial charge is 0.508 e. The molecule has 2 rings (SSSR count). The van der Waals surface area contributed by atoms with E-state index in [1.807, 2.05) is 19.1 Å². The highest BCUT2D eigenvalue weighted by Gasteiger charge is 2.07. The predicted molar refractivity (Wildman–Crippen MR) is 81.0 cm³/mol. The quantitative estimate of drug-likeness (QED) is 0.793. The molecule has 0 bridgehead atoms. The lowest BCUT2D eigenvalue weighted by Gasteiger charge is -2.13. The van der Waals surface area contributed by atoms with Gasteiger partial charge in [0.1, 0.15) is 5.75 Å². The molecule has 0 amide bonds. The Labute approximate surface area is 123 Å². The van der Waals surface area contributed by atoms with Crippen molar-refractivity contribution >= 4 is 11.6 Å². The van der Waals surface area contributed by atoms with Crippen molar-refractivity contribution in [2.45, 2.75) is 19.6 Å². The molecule has 0 radical (unpaired) electrons. The van der Waals surface area contributed by atoms with Gasteiger partial charge in [0.05, 0.1) is 6.10 Å². The van der Waals surface area contributed by atoms with Crippen LogP contribution in [0.1, 0.15) is 22.8 Å². The molecule has 20 heavy (non-hydrogen) atoms. The highest BCUT2D eigenvalue weighted by Crippen LogP contribution is 2.19. The van der Waals surface area contributed by atoms with Crippen molar-refractivity contribution < 1.29 is 10.2 Å². The molecular formula is C16H18ClNO2. The number of aryl methyl sites for hydroxylation is 1. The third-order valence-electron chi connectivity index (χ3n) is 3.14. The lowest BCUT2D eigenvalue weighted by molar-refractivity contribution is 0.174. The number of rotatable bonds is 5. The van der Waals surface area contributed by atoms with Crippen LogP contribution in [0.25, 0.3) is 0 Å². The second kappa shape index (κ2) is 6.75.